The van der Waals surface area contributed by atoms with Crippen LogP contribution >= 0.6 is 0 Å². The van der Waals surface area contributed by atoms with E-state index >= 15 is 0 Å². The largest absolute Gasteiger partial charge is 0.315 e. The van der Waals surface area contributed by atoms with Gasteiger partial charge in [-0.05, 0) is 67.1 Å². The summed E-state index contributed by atoms with van der Waals surface area (Å²) in [6, 6.07) is 0.695. The van der Waals surface area contributed by atoms with E-state index in [0.29, 0.717) is 6.04 Å². The summed E-state index contributed by atoms with van der Waals surface area (Å²) in [7, 11) is 6.50. The van der Waals surface area contributed by atoms with Gasteiger partial charge in [-0.3, -0.25) is 4.90 Å². The van der Waals surface area contributed by atoms with Crippen molar-refractivity contribution >= 4 is 0 Å². The number of nitrogens with one attached hydrogen (secondary N) is 1. The van der Waals surface area contributed by atoms with Crippen molar-refractivity contribution in [1.82, 2.24) is 20.0 Å². The lowest BCUT2D eigenvalue weighted by atomic mass is 10.2. The number of likely N-dealkylation sites (N-methyl/N-ethyl adjacent to an activating group) is 1. The molecule has 1 aliphatic rings. The average molecular weight is 256 g/mol. The summed E-state index contributed by atoms with van der Waals surface area (Å²) >= 11 is 0. The predicted molar refractivity (Wildman–Crippen MR) is 79.2 cm³/mol. The molecule has 0 spiro atoms. The van der Waals surface area contributed by atoms with E-state index in [2.05, 4.69) is 48.1 Å². The van der Waals surface area contributed by atoms with Gasteiger partial charge in [0.2, 0.25) is 0 Å². The van der Waals surface area contributed by atoms with Gasteiger partial charge < -0.3 is 15.1 Å². The molecule has 0 aliphatic carbocycles. The minimum absolute atomic E-state index is 0.695. The van der Waals surface area contributed by atoms with Crippen molar-refractivity contribution in [3.05, 3.63) is 0 Å². The van der Waals surface area contributed by atoms with Crippen molar-refractivity contribution in [2.24, 2.45) is 0 Å². The van der Waals surface area contributed by atoms with Crippen LogP contribution in [0.3, 0.4) is 0 Å². The van der Waals surface area contributed by atoms with Gasteiger partial charge in [0, 0.05) is 25.7 Å². The zero-order valence-corrected chi connectivity index (χ0v) is 12.8. The molecule has 1 unspecified atom stereocenters. The highest BCUT2D eigenvalue weighted by Crippen LogP contribution is 2.07. The van der Waals surface area contributed by atoms with Crippen LogP contribution < -0.4 is 5.32 Å². The molecule has 0 aromatic heterocycles. The first-order valence-corrected chi connectivity index (χ1v) is 7.37. The van der Waals surface area contributed by atoms with Crippen LogP contribution in [0.25, 0.3) is 0 Å². The van der Waals surface area contributed by atoms with Crippen molar-refractivity contribution in [2.45, 2.75) is 25.8 Å². The Labute approximate surface area is 113 Å². The van der Waals surface area contributed by atoms with Crippen molar-refractivity contribution in [3.8, 4) is 0 Å². The second kappa shape index (κ2) is 8.86. The Morgan fingerprint density at radius 1 is 1.22 bits per heavy atom. The van der Waals surface area contributed by atoms with Crippen LogP contribution in [0.1, 0.15) is 19.8 Å². The fraction of sp³-hybridized carbons (Fsp3) is 1.00. The highest BCUT2D eigenvalue weighted by Gasteiger charge is 2.18. The van der Waals surface area contributed by atoms with Gasteiger partial charge in [0.1, 0.15) is 0 Å². The minimum Gasteiger partial charge on any atom is -0.315 e. The molecule has 0 saturated carbocycles. The number of rotatable bonds is 7. The van der Waals surface area contributed by atoms with Gasteiger partial charge in [-0.2, -0.15) is 0 Å². The summed E-state index contributed by atoms with van der Waals surface area (Å²) in [5.41, 5.74) is 0. The summed E-state index contributed by atoms with van der Waals surface area (Å²) in [6.45, 7) is 10.7. The van der Waals surface area contributed by atoms with Crippen LogP contribution in [0.2, 0.25) is 0 Å². The smallest absolute Gasteiger partial charge is 0.0195 e. The van der Waals surface area contributed by atoms with Gasteiger partial charge in [0.25, 0.3) is 0 Å². The Bertz CT molecular complexity index is 208. The van der Waals surface area contributed by atoms with Crippen molar-refractivity contribution < 1.29 is 0 Å². The van der Waals surface area contributed by atoms with Gasteiger partial charge in [-0.25, -0.2) is 0 Å². The molecule has 1 N–H and O–H groups in total. The monoisotopic (exact) mass is 256 g/mol. The molecule has 1 fully saturated rings. The molecule has 0 bridgehead atoms. The Morgan fingerprint density at radius 3 is 2.72 bits per heavy atom. The first-order valence-electron chi connectivity index (χ1n) is 7.37. The molecule has 0 amide bonds. The predicted octanol–water partition coefficient (Wildman–Crippen LogP) is 0.554. The Hall–Kier alpha value is -0.160. The SMILES string of the molecule is CC1CN(C)CCCN1CCNCCCN(C)C. The third kappa shape index (κ3) is 6.69. The molecule has 1 saturated heterocycles. The van der Waals surface area contributed by atoms with Crippen LogP contribution in [0, 0.1) is 0 Å². The molecule has 1 aliphatic heterocycles. The van der Waals surface area contributed by atoms with Gasteiger partial charge >= 0.3 is 0 Å². The number of hydrogen-bond donors (Lipinski definition) is 1. The summed E-state index contributed by atoms with van der Waals surface area (Å²) in [6.07, 6.45) is 2.55. The van der Waals surface area contributed by atoms with E-state index in [4.69, 9.17) is 0 Å². The molecule has 4 heteroatoms. The zero-order valence-electron chi connectivity index (χ0n) is 12.8. The van der Waals surface area contributed by atoms with Crippen molar-refractivity contribution in [2.75, 3.05) is 67.0 Å². The second-order valence-corrected chi connectivity index (χ2v) is 5.91. The molecular weight excluding hydrogens is 224 g/mol. The summed E-state index contributed by atoms with van der Waals surface area (Å²) < 4.78 is 0. The van der Waals surface area contributed by atoms with Gasteiger partial charge in [-0.15, -0.1) is 0 Å². The van der Waals surface area contributed by atoms with E-state index in [1.807, 2.05) is 0 Å². The number of nitrogens with zero attached hydrogens (tertiary/aromatic N) is 3. The lowest BCUT2D eigenvalue weighted by Gasteiger charge is -2.27. The third-order valence-corrected chi connectivity index (χ3v) is 3.72. The molecule has 0 aromatic rings. The molecule has 108 valence electrons. The third-order valence-electron chi connectivity index (χ3n) is 3.72. The Morgan fingerprint density at radius 2 is 2.00 bits per heavy atom. The highest BCUT2D eigenvalue weighted by atomic mass is 15.2. The maximum Gasteiger partial charge on any atom is 0.0195 e. The summed E-state index contributed by atoms with van der Waals surface area (Å²) in [4.78, 5) is 7.33. The Kier molecular flexibility index (Phi) is 7.82. The maximum atomic E-state index is 3.56. The fourth-order valence-corrected chi connectivity index (χ4v) is 2.62. The quantitative estimate of drug-likeness (QED) is 0.672. The topological polar surface area (TPSA) is 21.8 Å². The summed E-state index contributed by atoms with van der Waals surface area (Å²) in [5, 5.41) is 3.56. The molecule has 0 radical (unpaired) electrons. The van der Waals surface area contributed by atoms with E-state index in [1.165, 1.54) is 45.6 Å². The second-order valence-electron chi connectivity index (χ2n) is 5.91. The van der Waals surface area contributed by atoms with E-state index < -0.39 is 0 Å². The Balaban J connectivity index is 2.07. The first kappa shape index (κ1) is 15.9. The van der Waals surface area contributed by atoms with Crippen LogP contribution in [-0.4, -0.2) is 87.7 Å². The first-order chi connectivity index (χ1) is 8.59. The van der Waals surface area contributed by atoms with E-state index in [-0.39, 0.29) is 0 Å². The van der Waals surface area contributed by atoms with Crippen LogP contribution in [0.4, 0.5) is 0 Å². The van der Waals surface area contributed by atoms with E-state index in [9.17, 15) is 0 Å². The molecule has 0 aromatic carbocycles. The normalized spacial score (nSPS) is 23.5. The van der Waals surface area contributed by atoms with E-state index in [0.717, 1.165) is 13.1 Å². The average Bonchev–Trinajstić information content (AvgIpc) is 2.45. The molecule has 1 rings (SSSR count). The lowest BCUT2D eigenvalue weighted by molar-refractivity contribution is 0.202. The van der Waals surface area contributed by atoms with E-state index in [1.54, 1.807) is 0 Å². The standard InChI is InChI=1S/C14H32N4/c1-14-13-17(4)10-6-11-18(14)12-8-15-7-5-9-16(2)3/h14-15H,5-13H2,1-4H3. The zero-order chi connectivity index (χ0) is 13.4. The molecule has 1 heterocycles. The molecule has 1 atom stereocenters. The van der Waals surface area contributed by atoms with Gasteiger partial charge in [0.15, 0.2) is 0 Å². The lowest BCUT2D eigenvalue weighted by Crippen LogP contribution is -2.41. The maximum absolute atomic E-state index is 3.56. The molecule has 18 heavy (non-hydrogen) atoms. The van der Waals surface area contributed by atoms with Crippen LogP contribution in [-0.2, 0) is 0 Å². The van der Waals surface area contributed by atoms with Crippen LogP contribution in [0.5, 0.6) is 0 Å². The van der Waals surface area contributed by atoms with Crippen molar-refractivity contribution in [1.29, 1.82) is 0 Å². The van der Waals surface area contributed by atoms with Gasteiger partial charge in [-0.1, -0.05) is 0 Å². The summed E-state index contributed by atoms with van der Waals surface area (Å²) in [5.74, 6) is 0. The van der Waals surface area contributed by atoms with Gasteiger partial charge in [0.05, 0.1) is 0 Å². The minimum atomic E-state index is 0.695. The van der Waals surface area contributed by atoms with Crippen molar-refractivity contribution in [3.63, 3.8) is 0 Å². The fourth-order valence-electron chi connectivity index (χ4n) is 2.62. The molecular formula is C14H32N4. The highest BCUT2D eigenvalue weighted by molar-refractivity contribution is 4.75. The number of hydrogen-bond acceptors (Lipinski definition) is 4. The van der Waals surface area contributed by atoms with Crippen LogP contribution in [0.15, 0.2) is 0 Å². The molecule has 4 nitrogen and oxygen atoms in total.